The molecule has 0 spiro atoms. The van der Waals surface area contributed by atoms with Gasteiger partial charge in [0.15, 0.2) is 5.78 Å². The van der Waals surface area contributed by atoms with Crippen molar-refractivity contribution < 1.29 is 4.79 Å². The Hall–Kier alpha value is -1.16. The number of hydrogen-bond donors (Lipinski definition) is 0. The molecule has 1 aliphatic rings. The Balaban J connectivity index is 2.17. The maximum atomic E-state index is 11.0. The van der Waals surface area contributed by atoms with Crippen LogP contribution in [0, 0.1) is 0 Å². The maximum absolute atomic E-state index is 11.0. The summed E-state index contributed by atoms with van der Waals surface area (Å²) in [6.45, 7) is 1.17. The predicted molar refractivity (Wildman–Crippen MR) is 48.9 cm³/mol. The molecule has 1 aromatic heterocycles. The zero-order valence-corrected chi connectivity index (χ0v) is 7.66. The molecule has 5 heteroatoms. The van der Waals surface area contributed by atoms with Crippen LogP contribution in [-0.2, 0) is 4.79 Å². The summed E-state index contributed by atoms with van der Waals surface area (Å²) in [6.07, 6.45) is 3.67. The number of carbonyl (C=O) groups is 1. The van der Waals surface area contributed by atoms with E-state index in [4.69, 9.17) is 11.6 Å². The number of carbonyl (C=O) groups excluding carboxylic acids is 1. The highest BCUT2D eigenvalue weighted by atomic mass is 35.5. The fraction of sp³-hybridized carbons (Fsp3) is 0.375. The average molecular weight is 198 g/mol. The third-order valence-corrected chi connectivity index (χ3v) is 2.15. The van der Waals surface area contributed by atoms with Gasteiger partial charge in [-0.15, -0.1) is 0 Å². The molecule has 0 bridgehead atoms. The first-order valence-electron chi connectivity index (χ1n) is 4.00. The van der Waals surface area contributed by atoms with Crippen molar-refractivity contribution >= 4 is 23.2 Å². The number of Topliss-reactive ketones (excluding diaryl/α,β-unsaturated/α-hetero) is 1. The van der Waals surface area contributed by atoms with Gasteiger partial charge in [0.25, 0.3) is 0 Å². The molecule has 0 N–H and O–H groups in total. The molecule has 2 heterocycles. The standard InChI is InChI=1S/C8H8ClN3O/c9-7-3-11-8(4-10-7)12-2-1-6(13)5-12/h3-4H,1-2,5H2. The maximum Gasteiger partial charge on any atom is 0.153 e. The minimum absolute atomic E-state index is 0.247. The quantitative estimate of drug-likeness (QED) is 0.672. The van der Waals surface area contributed by atoms with Crippen molar-refractivity contribution in [3.05, 3.63) is 17.5 Å². The minimum Gasteiger partial charge on any atom is -0.348 e. The Morgan fingerprint density at radius 3 is 2.77 bits per heavy atom. The normalized spacial score (nSPS) is 16.7. The van der Waals surface area contributed by atoms with Gasteiger partial charge in [0.05, 0.1) is 18.9 Å². The van der Waals surface area contributed by atoms with E-state index in [1.807, 2.05) is 4.90 Å². The van der Waals surface area contributed by atoms with Gasteiger partial charge in [0, 0.05) is 13.0 Å². The lowest BCUT2D eigenvalue weighted by atomic mass is 10.4. The fourth-order valence-electron chi connectivity index (χ4n) is 1.29. The molecule has 4 nitrogen and oxygen atoms in total. The van der Waals surface area contributed by atoms with Crippen LogP contribution in [0.1, 0.15) is 6.42 Å². The third kappa shape index (κ3) is 1.78. The fourth-order valence-corrected chi connectivity index (χ4v) is 1.39. The van der Waals surface area contributed by atoms with Crippen LogP contribution in [0.15, 0.2) is 12.4 Å². The van der Waals surface area contributed by atoms with Crippen LogP contribution >= 0.6 is 11.6 Å². The van der Waals surface area contributed by atoms with Crippen LogP contribution in [0.3, 0.4) is 0 Å². The second-order valence-electron chi connectivity index (χ2n) is 2.91. The first kappa shape index (κ1) is 8.44. The molecule has 1 saturated heterocycles. The van der Waals surface area contributed by atoms with Gasteiger partial charge in [0.2, 0.25) is 0 Å². The molecule has 0 unspecified atom stereocenters. The topological polar surface area (TPSA) is 46.1 Å². The predicted octanol–water partition coefficient (Wildman–Crippen LogP) is 0.909. The largest absolute Gasteiger partial charge is 0.348 e. The number of anilines is 1. The van der Waals surface area contributed by atoms with Gasteiger partial charge in [-0.25, -0.2) is 9.97 Å². The monoisotopic (exact) mass is 197 g/mol. The SMILES string of the molecule is O=C1CCN(c2cnc(Cl)cn2)C1. The molecule has 1 aromatic rings. The summed E-state index contributed by atoms with van der Waals surface area (Å²) in [7, 11) is 0. The summed E-state index contributed by atoms with van der Waals surface area (Å²) in [5.74, 6) is 0.965. The van der Waals surface area contributed by atoms with E-state index in [0.29, 0.717) is 18.1 Å². The van der Waals surface area contributed by atoms with Crippen molar-refractivity contribution in [2.75, 3.05) is 18.0 Å². The Kier molecular flexibility index (Phi) is 2.14. The molecule has 68 valence electrons. The second kappa shape index (κ2) is 3.30. The Morgan fingerprint density at radius 2 is 2.23 bits per heavy atom. The smallest absolute Gasteiger partial charge is 0.153 e. The minimum atomic E-state index is 0.247. The van der Waals surface area contributed by atoms with E-state index in [1.165, 1.54) is 6.20 Å². The van der Waals surface area contributed by atoms with Crippen molar-refractivity contribution in [3.63, 3.8) is 0 Å². The summed E-state index contributed by atoms with van der Waals surface area (Å²) in [4.78, 5) is 20.8. The molecule has 0 radical (unpaired) electrons. The van der Waals surface area contributed by atoms with Crippen LogP contribution in [-0.4, -0.2) is 28.8 Å². The molecule has 0 amide bonds. The molecule has 1 aliphatic heterocycles. The summed E-state index contributed by atoms with van der Waals surface area (Å²) in [5, 5.41) is 0.370. The molecular formula is C8H8ClN3O. The summed E-state index contributed by atoms with van der Waals surface area (Å²) in [5.41, 5.74) is 0. The highest BCUT2D eigenvalue weighted by Gasteiger charge is 2.20. The highest BCUT2D eigenvalue weighted by Crippen LogP contribution is 2.15. The number of nitrogens with zero attached hydrogens (tertiary/aromatic N) is 3. The van der Waals surface area contributed by atoms with E-state index in [9.17, 15) is 4.79 Å². The van der Waals surface area contributed by atoms with Crippen LogP contribution in [0.2, 0.25) is 5.15 Å². The van der Waals surface area contributed by atoms with Crippen molar-refractivity contribution in [1.29, 1.82) is 0 Å². The van der Waals surface area contributed by atoms with Crippen molar-refractivity contribution in [2.45, 2.75) is 6.42 Å². The zero-order chi connectivity index (χ0) is 9.26. The Labute approximate surface area is 80.5 Å². The first-order chi connectivity index (χ1) is 6.25. The van der Waals surface area contributed by atoms with Gasteiger partial charge >= 0.3 is 0 Å². The first-order valence-corrected chi connectivity index (χ1v) is 4.38. The summed E-state index contributed by atoms with van der Waals surface area (Å²) < 4.78 is 0. The van der Waals surface area contributed by atoms with E-state index >= 15 is 0 Å². The van der Waals surface area contributed by atoms with Gasteiger partial charge in [-0.1, -0.05) is 11.6 Å². The van der Waals surface area contributed by atoms with Crippen LogP contribution in [0.25, 0.3) is 0 Å². The van der Waals surface area contributed by atoms with E-state index < -0.39 is 0 Å². The van der Waals surface area contributed by atoms with E-state index in [-0.39, 0.29) is 5.78 Å². The van der Waals surface area contributed by atoms with Crippen LogP contribution in [0.4, 0.5) is 5.82 Å². The summed E-state index contributed by atoms with van der Waals surface area (Å²) >= 11 is 5.59. The van der Waals surface area contributed by atoms with Gasteiger partial charge in [-0.3, -0.25) is 4.79 Å². The number of rotatable bonds is 1. The van der Waals surface area contributed by atoms with Gasteiger partial charge in [0.1, 0.15) is 11.0 Å². The average Bonchev–Trinajstić information content (AvgIpc) is 2.53. The molecular weight excluding hydrogens is 190 g/mol. The molecule has 0 aliphatic carbocycles. The van der Waals surface area contributed by atoms with E-state index in [0.717, 1.165) is 12.4 Å². The van der Waals surface area contributed by atoms with Crippen LogP contribution < -0.4 is 4.90 Å². The molecule has 0 saturated carbocycles. The third-order valence-electron chi connectivity index (χ3n) is 1.96. The van der Waals surface area contributed by atoms with Crippen molar-refractivity contribution in [3.8, 4) is 0 Å². The summed E-state index contributed by atoms with van der Waals surface area (Å²) in [6, 6.07) is 0. The highest BCUT2D eigenvalue weighted by molar-refractivity contribution is 6.29. The molecule has 2 rings (SSSR count). The lowest BCUT2D eigenvalue weighted by Crippen LogP contribution is -2.20. The van der Waals surface area contributed by atoms with E-state index in [2.05, 4.69) is 9.97 Å². The number of ketones is 1. The lowest BCUT2D eigenvalue weighted by Gasteiger charge is -2.13. The molecule has 1 fully saturated rings. The number of halogens is 1. The van der Waals surface area contributed by atoms with Gasteiger partial charge in [-0.05, 0) is 0 Å². The number of aromatic nitrogens is 2. The molecule has 0 atom stereocenters. The molecule has 13 heavy (non-hydrogen) atoms. The Morgan fingerprint density at radius 1 is 1.38 bits per heavy atom. The molecule has 0 aromatic carbocycles. The number of hydrogen-bond acceptors (Lipinski definition) is 4. The van der Waals surface area contributed by atoms with Crippen molar-refractivity contribution in [1.82, 2.24) is 9.97 Å². The zero-order valence-electron chi connectivity index (χ0n) is 6.90. The van der Waals surface area contributed by atoms with Gasteiger partial charge in [-0.2, -0.15) is 0 Å². The van der Waals surface area contributed by atoms with E-state index in [1.54, 1.807) is 6.20 Å². The van der Waals surface area contributed by atoms with Crippen LogP contribution in [0.5, 0.6) is 0 Å². The lowest BCUT2D eigenvalue weighted by molar-refractivity contribution is -0.116. The Bertz CT molecular complexity index is 325. The second-order valence-corrected chi connectivity index (χ2v) is 3.29. The van der Waals surface area contributed by atoms with Gasteiger partial charge < -0.3 is 4.90 Å². The van der Waals surface area contributed by atoms with Crippen molar-refractivity contribution in [2.24, 2.45) is 0 Å².